The molecule has 4 rings (SSSR count). The van der Waals surface area contributed by atoms with Crippen LogP contribution in [0.15, 0.2) is 42.5 Å². The second-order valence-electron chi connectivity index (χ2n) is 8.01. The first-order chi connectivity index (χ1) is 16.9. The first-order valence-corrected chi connectivity index (χ1v) is 10.9. The Balaban J connectivity index is 1.78. The first kappa shape index (κ1) is 25.6. The zero-order valence-electron chi connectivity index (χ0n) is 18.2. The normalized spacial score (nSPS) is 13.9. The fraction of sp³-hybridized carbons (Fsp3) is 0.200. The number of carbonyl (C=O) groups is 1. The van der Waals surface area contributed by atoms with E-state index < -0.39 is 47.5 Å². The number of alkyl halides is 3. The van der Waals surface area contributed by atoms with Crippen LogP contribution in [-0.2, 0) is 12.8 Å². The lowest BCUT2D eigenvalue weighted by atomic mass is 9.98. The Morgan fingerprint density at radius 2 is 1.67 bits per heavy atom. The van der Waals surface area contributed by atoms with Crippen molar-refractivity contribution in [1.29, 1.82) is 0 Å². The van der Waals surface area contributed by atoms with Gasteiger partial charge in [0.2, 0.25) is 0 Å². The van der Waals surface area contributed by atoms with Crippen LogP contribution < -0.4 is 9.84 Å². The van der Waals surface area contributed by atoms with Crippen molar-refractivity contribution < 1.29 is 41.0 Å². The molecule has 0 unspecified atom stereocenters. The van der Waals surface area contributed by atoms with E-state index >= 15 is 0 Å². The minimum atomic E-state index is -4.82. The van der Waals surface area contributed by atoms with Gasteiger partial charge >= 0.3 is 6.18 Å². The third-order valence-corrected chi connectivity index (χ3v) is 5.86. The van der Waals surface area contributed by atoms with E-state index in [0.717, 1.165) is 6.07 Å². The largest absolute Gasteiger partial charge is 0.543 e. The third kappa shape index (κ3) is 5.33. The van der Waals surface area contributed by atoms with Crippen molar-refractivity contribution in [3.63, 3.8) is 0 Å². The quantitative estimate of drug-likeness (QED) is 0.283. The maximum absolute atomic E-state index is 14.0. The summed E-state index contributed by atoms with van der Waals surface area (Å²) in [5.41, 5.74) is -1.27. The van der Waals surface area contributed by atoms with Gasteiger partial charge < -0.3 is 14.6 Å². The van der Waals surface area contributed by atoms with Gasteiger partial charge in [-0.15, -0.1) is 0 Å². The van der Waals surface area contributed by atoms with Gasteiger partial charge in [0.1, 0.15) is 18.2 Å². The van der Waals surface area contributed by atoms with E-state index in [1.807, 2.05) is 0 Å². The lowest BCUT2D eigenvalue weighted by Crippen LogP contribution is -2.25. The van der Waals surface area contributed by atoms with Gasteiger partial charge in [0.15, 0.2) is 11.6 Å². The number of carbonyl (C=O) groups excluding carboxylic acids is 1. The number of allylic oxidation sites excluding steroid dienone is 2. The molecule has 2 aromatic carbocycles. The number of hydrogen-bond acceptors (Lipinski definition) is 4. The lowest BCUT2D eigenvalue weighted by molar-refractivity contribution is -0.255. The van der Waals surface area contributed by atoms with Crippen molar-refractivity contribution in [3.05, 3.63) is 93.0 Å². The second-order valence-corrected chi connectivity index (χ2v) is 8.45. The second kappa shape index (κ2) is 9.85. The summed E-state index contributed by atoms with van der Waals surface area (Å²) in [4.78, 5) is 15.2. The van der Waals surface area contributed by atoms with Crippen LogP contribution in [0.2, 0.25) is 5.02 Å². The fourth-order valence-corrected chi connectivity index (χ4v) is 4.14. The molecule has 0 atom stereocenters. The summed E-state index contributed by atoms with van der Waals surface area (Å²) in [5, 5.41) is 11.6. The van der Waals surface area contributed by atoms with Gasteiger partial charge in [-0.25, -0.2) is 18.2 Å². The van der Waals surface area contributed by atoms with E-state index in [-0.39, 0.29) is 22.0 Å². The Bertz CT molecular complexity index is 1390. The summed E-state index contributed by atoms with van der Waals surface area (Å²) >= 11 is 6.14. The monoisotopic (exact) mass is 526 g/mol. The molecule has 0 spiro atoms. The molecule has 36 heavy (non-hydrogen) atoms. The Kier molecular flexibility index (Phi) is 6.99. The number of halogens is 7. The van der Waals surface area contributed by atoms with Gasteiger partial charge in [-0.3, -0.25) is 0 Å². The number of rotatable bonds is 6. The van der Waals surface area contributed by atoms with Gasteiger partial charge in [0.05, 0.1) is 22.9 Å². The van der Waals surface area contributed by atoms with Gasteiger partial charge in [-0.05, 0) is 66.8 Å². The summed E-state index contributed by atoms with van der Waals surface area (Å²) in [5.74, 6) is -5.33. The summed E-state index contributed by atoms with van der Waals surface area (Å²) < 4.78 is 86.7. The molecule has 1 heterocycles. The van der Waals surface area contributed by atoms with E-state index in [9.17, 15) is 36.2 Å². The van der Waals surface area contributed by atoms with E-state index in [4.69, 9.17) is 16.3 Å². The number of aromatic nitrogens is 1. The highest BCUT2D eigenvalue weighted by Gasteiger charge is 2.33. The molecule has 0 N–H and O–H groups in total. The number of carboxylic acid groups (broad SMARTS) is 1. The Labute approximate surface area is 205 Å². The number of ether oxygens (including phenoxy) is 1. The lowest BCUT2D eigenvalue weighted by Gasteiger charge is -2.17. The maximum atomic E-state index is 14.0. The van der Waals surface area contributed by atoms with E-state index in [0.29, 0.717) is 54.2 Å². The molecule has 0 radical (unpaired) electrons. The molecule has 0 fully saturated rings. The molecule has 0 saturated heterocycles. The molecule has 0 bridgehead atoms. The highest BCUT2D eigenvalue weighted by atomic mass is 35.5. The van der Waals surface area contributed by atoms with Crippen molar-refractivity contribution in [3.8, 4) is 5.75 Å². The number of nitrogens with zero attached hydrogens (tertiary/aromatic N) is 1. The average Bonchev–Trinajstić information content (AvgIpc) is 3.30. The summed E-state index contributed by atoms with van der Waals surface area (Å²) in [6, 6.07) is 6.62. The highest BCUT2D eigenvalue weighted by molar-refractivity contribution is 6.30. The predicted octanol–water partition coefficient (Wildman–Crippen LogP) is 6.21. The molecule has 0 amide bonds. The molecule has 1 aliphatic rings. The zero-order chi connectivity index (χ0) is 26.2. The van der Waals surface area contributed by atoms with Crippen molar-refractivity contribution in [2.75, 3.05) is 0 Å². The molecule has 1 aliphatic carbocycles. The van der Waals surface area contributed by atoms with Gasteiger partial charge in [-0.2, -0.15) is 13.2 Å². The SMILES string of the molecule is O=C([O-])c1cc(C(F)(F)F)cc(C2=C(c3cc(Cl)ccc3OCc3cc(F)c(F)cc3F)CCC2)n1. The molecule has 0 saturated carbocycles. The molecule has 0 aliphatic heterocycles. The first-order valence-electron chi connectivity index (χ1n) is 10.5. The third-order valence-electron chi connectivity index (χ3n) is 5.63. The Morgan fingerprint density at radius 1 is 0.972 bits per heavy atom. The van der Waals surface area contributed by atoms with E-state index in [2.05, 4.69) is 4.98 Å². The molecule has 3 aromatic rings. The van der Waals surface area contributed by atoms with Crippen LogP contribution in [0.25, 0.3) is 11.1 Å². The number of pyridine rings is 1. The molecule has 1 aromatic heterocycles. The molecular weight excluding hydrogens is 512 g/mol. The van der Waals surface area contributed by atoms with Crippen LogP contribution in [-0.4, -0.2) is 11.0 Å². The summed E-state index contributed by atoms with van der Waals surface area (Å²) in [7, 11) is 0. The maximum Gasteiger partial charge on any atom is 0.416 e. The topological polar surface area (TPSA) is 62.2 Å². The van der Waals surface area contributed by atoms with Crippen LogP contribution in [0.3, 0.4) is 0 Å². The Hall–Kier alpha value is -3.53. The molecule has 4 nitrogen and oxygen atoms in total. The van der Waals surface area contributed by atoms with Crippen molar-refractivity contribution in [2.24, 2.45) is 0 Å². The average molecular weight is 527 g/mol. The van der Waals surface area contributed by atoms with Crippen LogP contribution in [0.1, 0.15) is 52.1 Å². The van der Waals surface area contributed by atoms with Gasteiger partial charge in [0, 0.05) is 22.2 Å². The summed E-state index contributed by atoms with van der Waals surface area (Å²) in [6.45, 7) is -0.475. The standard InChI is InChI=1S/C25H16ClF6NO3/c26-14-4-5-23(36-11-12-6-19(28)20(29)10-18(12)27)17(9-14)15-2-1-3-16(15)21-7-13(25(30,31)32)8-22(33-21)24(34)35/h4-10H,1-3,11H2,(H,34,35)/p-1. The zero-order valence-corrected chi connectivity index (χ0v) is 18.9. The van der Waals surface area contributed by atoms with Gasteiger partial charge in [-0.1, -0.05) is 11.6 Å². The fourth-order valence-electron chi connectivity index (χ4n) is 3.97. The number of hydrogen-bond donors (Lipinski definition) is 0. The molecular formula is C25H15ClF6NO3-. The highest BCUT2D eigenvalue weighted by Crippen LogP contribution is 2.44. The smallest absolute Gasteiger partial charge is 0.416 e. The van der Waals surface area contributed by atoms with Crippen LogP contribution in [0.4, 0.5) is 26.3 Å². The Morgan fingerprint density at radius 3 is 2.36 bits per heavy atom. The minimum Gasteiger partial charge on any atom is -0.543 e. The number of carboxylic acids is 1. The van der Waals surface area contributed by atoms with Crippen LogP contribution in [0, 0.1) is 17.5 Å². The van der Waals surface area contributed by atoms with Crippen LogP contribution >= 0.6 is 11.6 Å². The predicted molar refractivity (Wildman–Crippen MR) is 116 cm³/mol. The molecule has 11 heteroatoms. The van der Waals surface area contributed by atoms with Crippen molar-refractivity contribution in [1.82, 2.24) is 4.98 Å². The van der Waals surface area contributed by atoms with E-state index in [1.54, 1.807) is 0 Å². The van der Waals surface area contributed by atoms with Crippen molar-refractivity contribution >= 4 is 28.7 Å². The van der Waals surface area contributed by atoms with Gasteiger partial charge in [0.25, 0.3) is 0 Å². The minimum absolute atomic E-state index is 0.157. The molecule has 188 valence electrons. The number of aromatic carboxylic acids is 1. The summed E-state index contributed by atoms with van der Waals surface area (Å²) in [6.07, 6.45) is -3.63. The number of benzene rings is 2. The van der Waals surface area contributed by atoms with Crippen LogP contribution in [0.5, 0.6) is 5.75 Å². The van der Waals surface area contributed by atoms with E-state index in [1.165, 1.54) is 18.2 Å². The van der Waals surface area contributed by atoms with Crippen molar-refractivity contribution in [2.45, 2.75) is 32.0 Å².